The Balaban J connectivity index is 1.79. The van der Waals surface area contributed by atoms with Crippen molar-refractivity contribution in [3.05, 3.63) is 35.4 Å². The molecule has 3 nitrogen and oxygen atoms in total. The summed E-state index contributed by atoms with van der Waals surface area (Å²) in [6.45, 7) is 4.87. The van der Waals surface area contributed by atoms with Gasteiger partial charge in [0.05, 0.1) is 17.6 Å². The Morgan fingerprint density at radius 3 is 2.95 bits per heavy atom. The third-order valence-electron chi connectivity index (χ3n) is 4.98. The molecule has 1 aliphatic heterocycles. The Morgan fingerprint density at radius 1 is 1.40 bits per heavy atom. The molecule has 3 heteroatoms. The number of carbonyl (C=O) groups excluding carboxylic acids is 1. The van der Waals surface area contributed by atoms with Gasteiger partial charge < -0.3 is 10.1 Å². The second kappa shape index (κ2) is 5.21. The molecule has 3 unspecified atom stereocenters. The molecule has 20 heavy (non-hydrogen) atoms. The highest BCUT2D eigenvalue weighted by Gasteiger charge is 2.40. The van der Waals surface area contributed by atoms with Gasteiger partial charge in [0.1, 0.15) is 0 Å². The van der Waals surface area contributed by atoms with E-state index in [0.29, 0.717) is 0 Å². The minimum absolute atomic E-state index is 0.00424. The maximum atomic E-state index is 12.7. The summed E-state index contributed by atoms with van der Waals surface area (Å²) < 4.78 is 5.61. The van der Waals surface area contributed by atoms with Crippen molar-refractivity contribution in [2.75, 3.05) is 6.61 Å². The van der Waals surface area contributed by atoms with E-state index in [-0.39, 0.29) is 23.5 Å². The standard InChI is InChI=1S/C17H23NO2/c1-12-17(2,10-11-20-12)18-16(19)15-9-5-7-13-6-3-4-8-14(13)15/h3-4,6,8,12,15H,5,7,9-11H2,1-2H3,(H,18,19). The van der Waals surface area contributed by atoms with Crippen LogP contribution in [0.3, 0.4) is 0 Å². The van der Waals surface area contributed by atoms with E-state index in [9.17, 15) is 4.79 Å². The normalized spacial score (nSPS) is 32.7. The first-order chi connectivity index (χ1) is 9.60. The molecule has 1 aromatic carbocycles. The van der Waals surface area contributed by atoms with Crippen molar-refractivity contribution in [3.63, 3.8) is 0 Å². The number of benzene rings is 1. The minimum atomic E-state index is -0.219. The molecule has 1 saturated heterocycles. The summed E-state index contributed by atoms with van der Waals surface area (Å²) in [5.74, 6) is 0.168. The molecule has 0 aromatic heterocycles. The van der Waals surface area contributed by atoms with Crippen molar-refractivity contribution in [2.45, 2.75) is 57.1 Å². The molecular formula is C17H23NO2. The number of rotatable bonds is 2. The van der Waals surface area contributed by atoms with Crippen LogP contribution in [0.25, 0.3) is 0 Å². The lowest BCUT2D eigenvalue weighted by atomic mass is 9.81. The van der Waals surface area contributed by atoms with Gasteiger partial charge in [-0.25, -0.2) is 0 Å². The molecule has 1 amide bonds. The smallest absolute Gasteiger partial charge is 0.228 e. The summed E-state index contributed by atoms with van der Waals surface area (Å²) in [4.78, 5) is 12.7. The van der Waals surface area contributed by atoms with Gasteiger partial charge in [-0.1, -0.05) is 24.3 Å². The predicted molar refractivity (Wildman–Crippen MR) is 78.7 cm³/mol. The molecule has 1 aliphatic carbocycles. The highest BCUT2D eigenvalue weighted by molar-refractivity contribution is 5.85. The zero-order valence-corrected chi connectivity index (χ0v) is 12.3. The van der Waals surface area contributed by atoms with Gasteiger partial charge in [-0.05, 0) is 50.7 Å². The monoisotopic (exact) mass is 273 g/mol. The summed E-state index contributed by atoms with van der Waals surface area (Å²) in [6, 6.07) is 8.36. The molecule has 1 fully saturated rings. The fraction of sp³-hybridized carbons (Fsp3) is 0.588. The maximum Gasteiger partial charge on any atom is 0.228 e. The average Bonchev–Trinajstić information content (AvgIpc) is 2.77. The van der Waals surface area contributed by atoms with Crippen LogP contribution in [-0.4, -0.2) is 24.2 Å². The van der Waals surface area contributed by atoms with E-state index in [1.165, 1.54) is 11.1 Å². The first kappa shape index (κ1) is 13.6. The van der Waals surface area contributed by atoms with E-state index in [4.69, 9.17) is 4.74 Å². The van der Waals surface area contributed by atoms with Gasteiger partial charge in [0.15, 0.2) is 0 Å². The Labute approximate surface area is 120 Å². The molecule has 3 rings (SSSR count). The molecule has 0 spiro atoms. The Morgan fingerprint density at radius 2 is 2.20 bits per heavy atom. The summed E-state index contributed by atoms with van der Waals surface area (Å²) >= 11 is 0. The van der Waals surface area contributed by atoms with Crippen LogP contribution in [0.5, 0.6) is 0 Å². The number of amides is 1. The van der Waals surface area contributed by atoms with E-state index in [1.807, 2.05) is 13.0 Å². The van der Waals surface area contributed by atoms with Gasteiger partial charge in [0, 0.05) is 6.61 Å². The quantitative estimate of drug-likeness (QED) is 0.900. The number of ether oxygens (including phenoxy) is 1. The SMILES string of the molecule is CC1OCCC1(C)NC(=O)C1CCCc2ccccc21. The van der Waals surface area contributed by atoms with Crippen LogP contribution in [0.1, 0.15) is 50.2 Å². The van der Waals surface area contributed by atoms with Crippen LogP contribution in [0.15, 0.2) is 24.3 Å². The van der Waals surface area contributed by atoms with E-state index in [2.05, 4.69) is 30.4 Å². The van der Waals surface area contributed by atoms with E-state index in [1.54, 1.807) is 0 Å². The first-order valence-electron chi connectivity index (χ1n) is 7.61. The lowest BCUT2D eigenvalue weighted by Gasteiger charge is -2.32. The van der Waals surface area contributed by atoms with Crippen LogP contribution in [-0.2, 0) is 16.0 Å². The first-order valence-corrected chi connectivity index (χ1v) is 7.61. The maximum absolute atomic E-state index is 12.7. The summed E-state index contributed by atoms with van der Waals surface area (Å²) in [6.07, 6.45) is 4.13. The van der Waals surface area contributed by atoms with Gasteiger partial charge >= 0.3 is 0 Å². The fourth-order valence-electron chi connectivity index (χ4n) is 3.39. The van der Waals surface area contributed by atoms with Gasteiger partial charge in [0.25, 0.3) is 0 Å². The van der Waals surface area contributed by atoms with Crippen LogP contribution < -0.4 is 5.32 Å². The second-order valence-electron chi connectivity index (χ2n) is 6.31. The number of nitrogens with one attached hydrogen (secondary N) is 1. The van der Waals surface area contributed by atoms with Crippen molar-refractivity contribution in [3.8, 4) is 0 Å². The third-order valence-corrected chi connectivity index (χ3v) is 4.98. The number of aryl methyl sites for hydroxylation is 1. The lowest BCUT2D eigenvalue weighted by molar-refractivity contribution is -0.125. The molecule has 108 valence electrons. The molecule has 0 radical (unpaired) electrons. The van der Waals surface area contributed by atoms with Gasteiger partial charge in [-0.15, -0.1) is 0 Å². The zero-order valence-electron chi connectivity index (χ0n) is 12.3. The van der Waals surface area contributed by atoms with Gasteiger partial charge in [-0.3, -0.25) is 4.79 Å². The molecule has 1 N–H and O–H groups in total. The van der Waals surface area contributed by atoms with Crippen molar-refractivity contribution in [2.24, 2.45) is 0 Å². The highest BCUT2D eigenvalue weighted by Crippen LogP contribution is 2.33. The lowest BCUT2D eigenvalue weighted by Crippen LogP contribution is -2.52. The largest absolute Gasteiger partial charge is 0.376 e. The van der Waals surface area contributed by atoms with Crippen molar-refractivity contribution >= 4 is 5.91 Å². The van der Waals surface area contributed by atoms with Crippen LogP contribution in [0.4, 0.5) is 0 Å². The molecular weight excluding hydrogens is 250 g/mol. The Bertz CT molecular complexity index is 513. The molecule has 2 aliphatic rings. The van der Waals surface area contributed by atoms with Gasteiger partial charge in [0.2, 0.25) is 5.91 Å². The average molecular weight is 273 g/mol. The molecule has 0 bridgehead atoms. The summed E-state index contributed by atoms with van der Waals surface area (Å²) in [5, 5.41) is 3.25. The number of hydrogen-bond acceptors (Lipinski definition) is 2. The fourth-order valence-corrected chi connectivity index (χ4v) is 3.39. The van der Waals surface area contributed by atoms with Crippen molar-refractivity contribution in [1.29, 1.82) is 0 Å². The molecule has 0 saturated carbocycles. The van der Waals surface area contributed by atoms with Crippen LogP contribution >= 0.6 is 0 Å². The molecule has 1 heterocycles. The number of carbonyl (C=O) groups is 1. The van der Waals surface area contributed by atoms with Crippen LogP contribution in [0, 0.1) is 0 Å². The summed E-state index contributed by atoms with van der Waals surface area (Å²) in [5.41, 5.74) is 2.33. The third kappa shape index (κ3) is 2.35. The number of fused-ring (bicyclic) bond motifs is 1. The van der Waals surface area contributed by atoms with E-state index < -0.39 is 0 Å². The Kier molecular flexibility index (Phi) is 3.55. The minimum Gasteiger partial charge on any atom is -0.376 e. The number of hydrogen-bond donors (Lipinski definition) is 1. The molecule has 1 aromatic rings. The Hall–Kier alpha value is -1.35. The van der Waals surface area contributed by atoms with Crippen molar-refractivity contribution < 1.29 is 9.53 Å². The summed E-state index contributed by atoms with van der Waals surface area (Å²) in [7, 11) is 0. The zero-order chi connectivity index (χ0) is 14.2. The van der Waals surface area contributed by atoms with Gasteiger partial charge in [-0.2, -0.15) is 0 Å². The highest BCUT2D eigenvalue weighted by atomic mass is 16.5. The molecule has 3 atom stereocenters. The van der Waals surface area contributed by atoms with E-state index >= 15 is 0 Å². The second-order valence-corrected chi connectivity index (χ2v) is 6.31. The topological polar surface area (TPSA) is 38.3 Å². The van der Waals surface area contributed by atoms with Crippen LogP contribution in [0.2, 0.25) is 0 Å². The predicted octanol–water partition coefficient (Wildman–Crippen LogP) is 2.79. The van der Waals surface area contributed by atoms with Crippen molar-refractivity contribution in [1.82, 2.24) is 5.32 Å². The van der Waals surface area contributed by atoms with E-state index in [0.717, 1.165) is 32.3 Å².